The normalized spacial score (nSPS) is 13.9. The quantitative estimate of drug-likeness (QED) is 0.486. The maximum atomic E-state index is 10.5. The molecule has 0 spiro atoms. The Morgan fingerprint density at radius 2 is 2.27 bits per heavy atom. The fourth-order valence-electron chi connectivity index (χ4n) is 0.463. The zero-order valence-corrected chi connectivity index (χ0v) is 7.52. The van der Waals surface area contributed by atoms with Gasteiger partial charge >= 0.3 is 0 Å². The summed E-state index contributed by atoms with van der Waals surface area (Å²) in [5, 5.41) is 8.18. The monoisotopic (exact) mass is 197 g/mol. The van der Waals surface area contributed by atoms with Gasteiger partial charge in [-0.15, -0.1) is 11.6 Å². The highest BCUT2D eigenvalue weighted by molar-refractivity contribution is 7.86. The zero-order chi connectivity index (χ0) is 8.91. The van der Waals surface area contributed by atoms with Crippen molar-refractivity contribution in [2.75, 3.05) is 12.1 Å². The molecule has 0 heterocycles. The van der Waals surface area contributed by atoms with Crippen LogP contribution in [0.25, 0.3) is 0 Å². The van der Waals surface area contributed by atoms with E-state index in [2.05, 4.69) is 4.18 Å². The smallest absolute Gasteiger partial charge is 0.264 e. The van der Waals surface area contributed by atoms with Gasteiger partial charge in [-0.2, -0.15) is 13.7 Å². The van der Waals surface area contributed by atoms with Crippen molar-refractivity contribution in [2.24, 2.45) is 0 Å². The van der Waals surface area contributed by atoms with Gasteiger partial charge in [-0.1, -0.05) is 0 Å². The van der Waals surface area contributed by atoms with Crippen molar-refractivity contribution in [1.29, 1.82) is 5.26 Å². The highest BCUT2D eigenvalue weighted by Crippen LogP contribution is 2.03. The summed E-state index contributed by atoms with van der Waals surface area (Å²) >= 11 is 5.31. The van der Waals surface area contributed by atoms with E-state index in [9.17, 15) is 8.42 Å². The minimum Gasteiger partial charge on any atom is -0.265 e. The lowest BCUT2D eigenvalue weighted by Crippen LogP contribution is -2.18. The lowest BCUT2D eigenvalue weighted by atomic mass is 10.3. The van der Waals surface area contributed by atoms with Gasteiger partial charge in [0.1, 0.15) is 6.10 Å². The molecule has 0 radical (unpaired) electrons. The van der Waals surface area contributed by atoms with Crippen LogP contribution in [-0.4, -0.2) is 26.7 Å². The molecule has 1 unspecified atom stereocenters. The maximum absolute atomic E-state index is 10.5. The summed E-state index contributed by atoms with van der Waals surface area (Å²) in [5.41, 5.74) is 0. The molecule has 1 atom stereocenters. The van der Waals surface area contributed by atoms with Crippen LogP contribution in [0.1, 0.15) is 6.42 Å². The Balaban J connectivity index is 4.01. The topological polar surface area (TPSA) is 67.2 Å². The molecule has 0 N–H and O–H groups in total. The third kappa shape index (κ3) is 6.10. The largest absolute Gasteiger partial charge is 0.265 e. The van der Waals surface area contributed by atoms with E-state index in [1.165, 1.54) is 0 Å². The molecule has 0 aliphatic carbocycles. The van der Waals surface area contributed by atoms with Crippen molar-refractivity contribution >= 4 is 21.7 Å². The van der Waals surface area contributed by atoms with Gasteiger partial charge in [0.2, 0.25) is 0 Å². The van der Waals surface area contributed by atoms with Gasteiger partial charge in [0, 0.05) is 0 Å². The minimum atomic E-state index is -3.49. The molecule has 0 rings (SSSR count). The molecule has 0 aromatic rings. The van der Waals surface area contributed by atoms with E-state index in [0.717, 1.165) is 6.26 Å². The fourth-order valence-corrected chi connectivity index (χ4v) is 1.34. The second kappa shape index (κ2) is 4.54. The number of halogens is 1. The maximum Gasteiger partial charge on any atom is 0.264 e. The van der Waals surface area contributed by atoms with Crippen molar-refractivity contribution < 1.29 is 12.6 Å². The van der Waals surface area contributed by atoms with Gasteiger partial charge in [0.15, 0.2) is 0 Å². The summed E-state index contributed by atoms with van der Waals surface area (Å²) in [7, 11) is -3.49. The van der Waals surface area contributed by atoms with Gasteiger partial charge in [-0.25, -0.2) is 0 Å². The first-order chi connectivity index (χ1) is 4.99. The fraction of sp³-hybridized carbons (Fsp3) is 0.800. The van der Waals surface area contributed by atoms with E-state index in [4.69, 9.17) is 16.9 Å². The molecule has 11 heavy (non-hydrogen) atoms. The SMILES string of the molecule is CS(=O)(=O)OC(CCl)CC#N. The Bertz CT molecular complexity index is 243. The third-order valence-corrected chi connectivity index (χ3v) is 1.77. The molecule has 0 aliphatic heterocycles. The Morgan fingerprint density at radius 1 is 1.73 bits per heavy atom. The molecular weight excluding hydrogens is 190 g/mol. The summed E-state index contributed by atoms with van der Waals surface area (Å²) in [6.07, 6.45) is 0.178. The molecule has 0 fully saturated rings. The molecule has 0 aliphatic rings. The van der Waals surface area contributed by atoms with Gasteiger partial charge in [-0.3, -0.25) is 4.18 Å². The number of rotatable bonds is 4. The molecule has 0 amide bonds. The molecule has 0 saturated carbocycles. The predicted molar refractivity (Wildman–Crippen MR) is 40.7 cm³/mol. The van der Waals surface area contributed by atoms with E-state index < -0.39 is 16.2 Å². The van der Waals surface area contributed by atoms with Crippen LogP contribution in [0.5, 0.6) is 0 Å². The first-order valence-electron chi connectivity index (χ1n) is 2.80. The highest BCUT2D eigenvalue weighted by Gasteiger charge is 2.13. The number of hydrogen-bond acceptors (Lipinski definition) is 4. The molecule has 0 aromatic carbocycles. The lowest BCUT2D eigenvalue weighted by molar-refractivity contribution is 0.240. The van der Waals surface area contributed by atoms with Crippen molar-refractivity contribution in [3.8, 4) is 6.07 Å². The van der Waals surface area contributed by atoms with E-state index in [1.807, 2.05) is 0 Å². The Morgan fingerprint density at radius 3 is 2.55 bits per heavy atom. The second-order valence-electron chi connectivity index (χ2n) is 1.94. The van der Waals surface area contributed by atoms with Crippen LogP contribution >= 0.6 is 11.6 Å². The molecule has 4 nitrogen and oxygen atoms in total. The van der Waals surface area contributed by atoms with Crippen LogP contribution < -0.4 is 0 Å². The van der Waals surface area contributed by atoms with Crippen LogP contribution in [-0.2, 0) is 14.3 Å². The summed E-state index contributed by atoms with van der Waals surface area (Å²) in [4.78, 5) is 0. The summed E-state index contributed by atoms with van der Waals surface area (Å²) in [6.45, 7) is 0. The van der Waals surface area contributed by atoms with Gasteiger partial charge < -0.3 is 0 Å². The first-order valence-corrected chi connectivity index (χ1v) is 5.16. The zero-order valence-electron chi connectivity index (χ0n) is 5.95. The number of nitrogens with zero attached hydrogens (tertiary/aromatic N) is 1. The molecule has 64 valence electrons. The van der Waals surface area contributed by atoms with Gasteiger partial charge in [0.05, 0.1) is 24.6 Å². The molecular formula is C5H8ClNO3S. The van der Waals surface area contributed by atoms with Gasteiger partial charge in [-0.05, 0) is 0 Å². The van der Waals surface area contributed by atoms with Crippen LogP contribution in [0.4, 0.5) is 0 Å². The first kappa shape index (κ1) is 10.7. The van der Waals surface area contributed by atoms with Crippen LogP contribution in [0.2, 0.25) is 0 Å². The summed E-state index contributed by atoms with van der Waals surface area (Å²) < 4.78 is 25.4. The molecule has 0 bridgehead atoms. The lowest BCUT2D eigenvalue weighted by Gasteiger charge is -2.07. The van der Waals surface area contributed by atoms with Crippen molar-refractivity contribution in [2.45, 2.75) is 12.5 Å². The molecule has 6 heteroatoms. The minimum absolute atomic E-state index is 0.000625. The Labute approximate surface area is 70.8 Å². The van der Waals surface area contributed by atoms with Crippen molar-refractivity contribution in [1.82, 2.24) is 0 Å². The molecule has 0 aromatic heterocycles. The predicted octanol–water partition coefficient (Wildman–Crippen LogP) is 0.484. The van der Waals surface area contributed by atoms with Crippen LogP contribution in [0.3, 0.4) is 0 Å². The number of nitriles is 1. The van der Waals surface area contributed by atoms with E-state index in [0.29, 0.717) is 0 Å². The van der Waals surface area contributed by atoms with Crippen molar-refractivity contribution in [3.63, 3.8) is 0 Å². The standard InChI is InChI=1S/C5H8ClNO3S/c1-11(8,9)10-5(4-6)2-3-7/h5H,2,4H2,1H3. The van der Waals surface area contributed by atoms with E-state index in [-0.39, 0.29) is 12.3 Å². The van der Waals surface area contributed by atoms with E-state index in [1.54, 1.807) is 6.07 Å². The summed E-state index contributed by atoms with van der Waals surface area (Å²) in [6, 6.07) is 1.77. The molecule has 0 saturated heterocycles. The van der Waals surface area contributed by atoms with Crippen molar-refractivity contribution in [3.05, 3.63) is 0 Å². The Hall–Kier alpha value is -0.310. The van der Waals surface area contributed by atoms with Gasteiger partial charge in [0.25, 0.3) is 10.1 Å². The average molecular weight is 198 g/mol. The van der Waals surface area contributed by atoms with Crippen LogP contribution in [0.15, 0.2) is 0 Å². The highest BCUT2D eigenvalue weighted by atomic mass is 35.5. The second-order valence-corrected chi connectivity index (χ2v) is 3.85. The number of hydrogen-bond donors (Lipinski definition) is 0. The average Bonchev–Trinajstić information content (AvgIpc) is 1.84. The van der Waals surface area contributed by atoms with Crippen LogP contribution in [0, 0.1) is 11.3 Å². The third-order valence-electron chi connectivity index (χ3n) is 0.802. The summed E-state index contributed by atoms with van der Waals surface area (Å²) in [5.74, 6) is 0.000625. The number of alkyl halides is 1. The Kier molecular flexibility index (Phi) is 4.42. The van der Waals surface area contributed by atoms with E-state index >= 15 is 0 Å².